The largest absolute Gasteiger partial charge is 0.419 e. The fraction of sp³-hybridized carbons (Fsp3) is 0.286. The maximum absolute atomic E-state index is 12.4. The predicted octanol–water partition coefficient (Wildman–Crippen LogP) is 3.76. The lowest BCUT2D eigenvalue weighted by molar-refractivity contribution is -0.138. The van der Waals surface area contributed by atoms with E-state index >= 15 is 0 Å². The molecule has 0 aliphatic carbocycles. The van der Waals surface area contributed by atoms with Crippen molar-refractivity contribution in [3.05, 3.63) is 28.0 Å². The molecule has 0 saturated carbocycles. The van der Waals surface area contributed by atoms with Gasteiger partial charge in [0.1, 0.15) is 0 Å². The number of alkyl halides is 4. The molecule has 72 valence electrons. The van der Waals surface area contributed by atoms with Crippen molar-refractivity contribution in [1.82, 2.24) is 4.98 Å². The van der Waals surface area contributed by atoms with Crippen LogP contribution in [0.2, 0.25) is 0 Å². The van der Waals surface area contributed by atoms with Gasteiger partial charge in [0.05, 0.1) is 11.3 Å². The van der Waals surface area contributed by atoms with Crippen molar-refractivity contribution >= 4 is 31.9 Å². The summed E-state index contributed by atoms with van der Waals surface area (Å²) in [6.07, 6.45) is -3.04. The van der Waals surface area contributed by atoms with E-state index in [0.717, 1.165) is 0 Å². The Balaban J connectivity index is 3.32. The third-order valence-corrected chi connectivity index (χ3v) is 2.58. The average molecular weight is 319 g/mol. The SMILES string of the molecule is FC(F)(F)c1c(Br)ccnc1CBr. The van der Waals surface area contributed by atoms with E-state index in [1.54, 1.807) is 0 Å². The summed E-state index contributed by atoms with van der Waals surface area (Å²) in [7, 11) is 0. The summed E-state index contributed by atoms with van der Waals surface area (Å²) in [6, 6.07) is 1.27. The van der Waals surface area contributed by atoms with E-state index in [2.05, 4.69) is 36.8 Å². The van der Waals surface area contributed by atoms with Gasteiger partial charge >= 0.3 is 6.18 Å². The highest BCUT2D eigenvalue weighted by Gasteiger charge is 2.35. The van der Waals surface area contributed by atoms with E-state index < -0.39 is 11.7 Å². The number of halogens is 5. The molecule has 0 N–H and O–H groups in total. The van der Waals surface area contributed by atoms with Crippen LogP contribution >= 0.6 is 31.9 Å². The predicted molar refractivity (Wildman–Crippen MR) is 49.6 cm³/mol. The number of rotatable bonds is 1. The standard InChI is InChI=1S/C7H4Br2F3N/c8-3-5-6(7(10,11)12)4(9)1-2-13-5/h1-2H,3H2. The summed E-state index contributed by atoms with van der Waals surface area (Å²) in [5.74, 6) is 0. The third kappa shape index (κ3) is 2.43. The van der Waals surface area contributed by atoms with Gasteiger partial charge in [0.25, 0.3) is 0 Å². The molecule has 6 heteroatoms. The van der Waals surface area contributed by atoms with Crippen LogP contribution in [0.1, 0.15) is 11.3 Å². The maximum atomic E-state index is 12.4. The molecule has 1 aromatic rings. The first kappa shape index (κ1) is 11.0. The van der Waals surface area contributed by atoms with Crippen molar-refractivity contribution in [2.75, 3.05) is 0 Å². The quantitative estimate of drug-likeness (QED) is 0.719. The van der Waals surface area contributed by atoms with Crippen LogP contribution in [0.25, 0.3) is 0 Å². The number of aromatic nitrogens is 1. The molecule has 0 spiro atoms. The van der Waals surface area contributed by atoms with Crippen LogP contribution < -0.4 is 0 Å². The van der Waals surface area contributed by atoms with Crippen molar-refractivity contribution < 1.29 is 13.2 Å². The lowest BCUT2D eigenvalue weighted by Crippen LogP contribution is -2.10. The maximum Gasteiger partial charge on any atom is 0.419 e. The lowest BCUT2D eigenvalue weighted by Gasteiger charge is -2.11. The second kappa shape index (κ2) is 3.96. The minimum absolute atomic E-state index is 0.0122. The molecule has 0 atom stereocenters. The van der Waals surface area contributed by atoms with Crippen molar-refractivity contribution in [3.63, 3.8) is 0 Å². The van der Waals surface area contributed by atoms with Crippen molar-refractivity contribution in [2.45, 2.75) is 11.5 Å². The Kier molecular flexibility index (Phi) is 3.34. The molecule has 1 rings (SSSR count). The first-order valence-corrected chi connectivity index (χ1v) is 5.15. The number of hydrogen-bond donors (Lipinski definition) is 0. The molecular weight excluding hydrogens is 315 g/mol. The molecule has 1 heterocycles. The molecule has 1 nitrogen and oxygen atoms in total. The molecule has 0 bridgehead atoms. The normalized spacial score (nSPS) is 11.8. The van der Waals surface area contributed by atoms with Crippen molar-refractivity contribution in [2.24, 2.45) is 0 Å². The van der Waals surface area contributed by atoms with Gasteiger partial charge in [-0.3, -0.25) is 4.98 Å². The van der Waals surface area contributed by atoms with E-state index in [-0.39, 0.29) is 15.5 Å². The molecule has 0 fully saturated rings. The molecular formula is C7H4Br2F3N. The Labute approximate surface area is 89.6 Å². The molecule has 0 radical (unpaired) electrons. The molecule has 0 saturated heterocycles. The van der Waals surface area contributed by atoms with Crippen LogP contribution in [-0.4, -0.2) is 4.98 Å². The zero-order valence-electron chi connectivity index (χ0n) is 6.20. The number of hydrogen-bond acceptors (Lipinski definition) is 1. The van der Waals surface area contributed by atoms with E-state index in [0.29, 0.717) is 0 Å². The highest BCUT2D eigenvalue weighted by Crippen LogP contribution is 2.36. The van der Waals surface area contributed by atoms with Crippen LogP contribution in [0, 0.1) is 0 Å². The molecule has 13 heavy (non-hydrogen) atoms. The fourth-order valence-corrected chi connectivity index (χ4v) is 1.88. The van der Waals surface area contributed by atoms with Gasteiger partial charge in [-0.25, -0.2) is 0 Å². The van der Waals surface area contributed by atoms with Crippen LogP contribution in [0.5, 0.6) is 0 Å². The number of nitrogens with zero attached hydrogens (tertiary/aromatic N) is 1. The van der Waals surface area contributed by atoms with Crippen molar-refractivity contribution in [3.8, 4) is 0 Å². The second-order valence-electron chi connectivity index (χ2n) is 2.25. The summed E-state index contributed by atoms with van der Waals surface area (Å²) < 4.78 is 37.2. The van der Waals surface area contributed by atoms with Gasteiger partial charge in [0.15, 0.2) is 0 Å². The van der Waals surface area contributed by atoms with E-state index in [4.69, 9.17) is 0 Å². The fourth-order valence-electron chi connectivity index (χ4n) is 0.879. The van der Waals surface area contributed by atoms with Crippen LogP contribution in [0.15, 0.2) is 16.7 Å². The van der Waals surface area contributed by atoms with E-state index in [9.17, 15) is 13.2 Å². The molecule has 0 unspecified atom stereocenters. The minimum atomic E-state index is -4.36. The zero-order valence-corrected chi connectivity index (χ0v) is 9.37. The Morgan fingerprint density at radius 1 is 1.38 bits per heavy atom. The highest BCUT2D eigenvalue weighted by molar-refractivity contribution is 9.10. The molecule has 0 aliphatic rings. The third-order valence-electron chi connectivity index (χ3n) is 1.39. The molecule has 1 aromatic heterocycles. The smallest absolute Gasteiger partial charge is 0.260 e. The second-order valence-corrected chi connectivity index (χ2v) is 3.66. The summed E-state index contributed by atoms with van der Waals surface area (Å²) in [5, 5.41) is 0.0846. The Bertz CT molecular complexity index is 311. The zero-order chi connectivity index (χ0) is 10.1. The van der Waals surface area contributed by atoms with Gasteiger partial charge in [-0.05, 0) is 6.07 Å². The average Bonchev–Trinajstić information content (AvgIpc) is 2.01. The highest BCUT2D eigenvalue weighted by atomic mass is 79.9. The van der Waals surface area contributed by atoms with Gasteiger partial charge in [-0.1, -0.05) is 31.9 Å². The monoisotopic (exact) mass is 317 g/mol. The summed E-state index contributed by atoms with van der Waals surface area (Å²) in [5.41, 5.74) is -0.728. The Morgan fingerprint density at radius 2 is 2.00 bits per heavy atom. The van der Waals surface area contributed by atoms with Gasteiger partial charge in [-0.15, -0.1) is 0 Å². The molecule has 0 aromatic carbocycles. The van der Waals surface area contributed by atoms with Gasteiger partial charge in [-0.2, -0.15) is 13.2 Å². The molecule has 0 amide bonds. The van der Waals surface area contributed by atoms with Gasteiger partial charge < -0.3 is 0 Å². The first-order valence-electron chi connectivity index (χ1n) is 3.23. The van der Waals surface area contributed by atoms with E-state index in [1.165, 1.54) is 12.3 Å². The van der Waals surface area contributed by atoms with Gasteiger partial charge in [0.2, 0.25) is 0 Å². The minimum Gasteiger partial charge on any atom is -0.260 e. The topological polar surface area (TPSA) is 12.9 Å². The van der Waals surface area contributed by atoms with Crippen LogP contribution in [0.3, 0.4) is 0 Å². The lowest BCUT2D eigenvalue weighted by atomic mass is 10.2. The van der Waals surface area contributed by atoms with Crippen molar-refractivity contribution in [1.29, 1.82) is 0 Å². The van der Waals surface area contributed by atoms with Gasteiger partial charge in [0, 0.05) is 16.0 Å². The van der Waals surface area contributed by atoms with E-state index in [1.807, 2.05) is 0 Å². The Hall–Kier alpha value is -0.100. The summed E-state index contributed by atoms with van der Waals surface area (Å²) in [6.45, 7) is 0. The van der Waals surface area contributed by atoms with Crippen LogP contribution in [-0.2, 0) is 11.5 Å². The van der Waals surface area contributed by atoms with Crippen LogP contribution in [0.4, 0.5) is 13.2 Å². The number of pyridine rings is 1. The molecule has 0 aliphatic heterocycles. The Morgan fingerprint density at radius 3 is 2.38 bits per heavy atom. The summed E-state index contributed by atoms with van der Waals surface area (Å²) >= 11 is 5.79. The first-order chi connectivity index (χ1) is 5.96. The summed E-state index contributed by atoms with van der Waals surface area (Å²) in [4.78, 5) is 3.63.